The second-order valence-corrected chi connectivity index (χ2v) is 6.37. The van der Waals surface area contributed by atoms with Crippen LogP contribution in [0.3, 0.4) is 0 Å². The van der Waals surface area contributed by atoms with E-state index in [1.54, 1.807) is 30.3 Å². The third kappa shape index (κ3) is 5.02. The quantitative estimate of drug-likeness (QED) is 0.339. The van der Waals surface area contributed by atoms with Gasteiger partial charge in [0.25, 0.3) is 5.91 Å². The van der Waals surface area contributed by atoms with Crippen molar-refractivity contribution in [3.63, 3.8) is 0 Å². The predicted octanol–water partition coefficient (Wildman–Crippen LogP) is 5.53. The van der Waals surface area contributed by atoms with Crippen molar-refractivity contribution in [3.05, 3.63) is 88.4 Å². The zero-order valence-corrected chi connectivity index (χ0v) is 15.8. The van der Waals surface area contributed by atoms with Crippen LogP contribution in [-0.2, 0) is 0 Å². The number of phenols is 1. The first-order valence-electron chi connectivity index (χ1n) is 8.42. The van der Waals surface area contributed by atoms with Gasteiger partial charge >= 0.3 is 0 Å². The van der Waals surface area contributed by atoms with Gasteiger partial charge in [-0.2, -0.15) is 15.3 Å². The Morgan fingerprint density at radius 1 is 1.00 bits per heavy atom. The van der Waals surface area contributed by atoms with Crippen LogP contribution in [0.5, 0.6) is 5.75 Å². The van der Waals surface area contributed by atoms with Gasteiger partial charge in [-0.1, -0.05) is 35.9 Å². The third-order valence-corrected chi connectivity index (χ3v) is 4.10. The first-order valence-corrected chi connectivity index (χ1v) is 8.80. The van der Waals surface area contributed by atoms with Crippen molar-refractivity contribution < 1.29 is 9.90 Å². The van der Waals surface area contributed by atoms with Crippen LogP contribution in [0.1, 0.15) is 21.5 Å². The molecule has 6 nitrogen and oxygen atoms in total. The number of halogens is 1. The van der Waals surface area contributed by atoms with Crippen molar-refractivity contribution in [1.82, 2.24) is 5.43 Å². The fraction of sp³-hybridized carbons (Fsp3) is 0.0476. The number of amides is 1. The van der Waals surface area contributed by atoms with Gasteiger partial charge in [0.2, 0.25) is 0 Å². The SMILES string of the molecule is Cc1ccc(C(=O)N/N=C/c2cc(N=Nc3ccccc3)ccc2O)c(Cl)c1. The van der Waals surface area contributed by atoms with Crippen molar-refractivity contribution in [3.8, 4) is 5.75 Å². The molecule has 0 aliphatic rings. The summed E-state index contributed by atoms with van der Waals surface area (Å²) in [6.07, 6.45) is 1.33. The van der Waals surface area contributed by atoms with E-state index in [1.165, 1.54) is 12.3 Å². The van der Waals surface area contributed by atoms with Gasteiger partial charge in [-0.05, 0) is 55.0 Å². The van der Waals surface area contributed by atoms with Crippen molar-refractivity contribution in [1.29, 1.82) is 0 Å². The smallest absolute Gasteiger partial charge is 0.272 e. The van der Waals surface area contributed by atoms with Gasteiger partial charge in [0.1, 0.15) is 5.75 Å². The number of aryl methyl sites for hydroxylation is 1. The van der Waals surface area contributed by atoms with Gasteiger partial charge in [-0.15, -0.1) is 0 Å². The van der Waals surface area contributed by atoms with Gasteiger partial charge in [0.15, 0.2) is 0 Å². The molecule has 0 bridgehead atoms. The van der Waals surface area contributed by atoms with E-state index in [0.29, 0.717) is 27.5 Å². The molecule has 28 heavy (non-hydrogen) atoms. The number of nitrogens with one attached hydrogen (secondary N) is 1. The number of carbonyl (C=O) groups is 1. The van der Waals surface area contributed by atoms with Crippen molar-refractivity contribution in [2.24, 2.45) is 15.3 Å². The Morgan fingerprint density at radius 2 is 1.75 bits per heavy atom. The summed E-state index contributed by atoms with van der Waals surface area (Å²) in [7, 11) is 0. The summed E-state index contributed by atoms with van der Waals surface area (Å²) < 4.78 is 0. The Morgan fingerprint density at radius 3 is 2.50 bits per heavy atom. The van der Waals surface area contributed by atoms with E-state index in [-0.39, 0.29) is 5.75 Å². The number of phenolic OH excluding ortho intramolecular Hbond substituents is 1. The average Bonchev–Trinajstić information content (AvgIpc) is 2.69. The van der Waals surface area contributed by atoms with Crippen LogP contribution in [0.2, 0.25) is 5.02 Å². The molecular formula is C21H17ClN4O2. The number of benzene rings is 3. The molecule has 3 aromatic rings. The first kappa shape index (κ1) is 19.3. The number of hydrogen-bond donors (Lipinski definition) is 2. The molecule has 2 N–H and O–H groups in total. The number of rotatable bonds is 5. The molecule has 0 atom stereocenters. The number of nitrogens with zero attached hydrogens (tertiary/aromatic N) is 3. The highest BCUT2D eigenvalue weighted by molar-refractivity contribution is 6.33. The lowest BCUT2D eigenvalue weighted by atomic mass is 10.1. The molecule has 0 radical (unpaired) electrons. The lowest BCUT2D eigenvalue weighted by Gasteiger charge is -2.04. The van der Waals surface area contributed by atoms with Gasteiger partial charge in [-0.25, -0.2) is 5.43 Å². The van der Waals surface area contributed by atoms with Crippen LogP contribution in [0.4, 0.5) is 11.4 Å². The number of aromatic hydroxyl groups is 1. The molecule has 0 aliphatic heterocycles. The van der Waals surface area contributed by atoms with Crippen LogP contribution < -0.4 is 5.43 Å². The second-order valence-electron chi connectivity index (χ2n) is 5.96. The minimum absolute atomic E-state index is 0.00466. The molecular weight excluding hydrogens is 376 g/mol. The number of hydrazone groups is 1. The monoisotopic (exact) mass is 392 g/mol. The fourth-order valence-electron chi connectivity index (χ4n) is 2.34. The topological polar surface area (TPSA) is 86.4 Å². The molecule has 0 aromatic heterocycles. The summed E-state index contributed by atoms with van der Waals surface area (Å²) in [4.78, 5) is 12.2. The van der Waals surface area contributed by atoms with Crippen LogP contribution in [0.25, 0.3) is 0 Å². The maximum Gasteiger partial charge on any atom is 0.272 e. The van der Waals surface area contributed by atoms with E-state index in [9.17, 15) is 9.90 Å². The predicted molar refractivity (Wildman–Crippen MR) is 110 cm³/mol. The van der Waals surface area contributed by atoms with E-state index in [0.717, 1.165) is 5.56 Å². The Kier molecular flexibility index (Phi) is 6.14. The van der Waals surface area contributed by atoms with E-state index in [1.807, 2.05) is 37.3 Å². The lowest BCUT2D eigenvalue weighted by molar-refractivity contribution is 0.0955. The summed E-state index contributed by atoms with van der Waals surface area (Å²) in [5.74, 6) is -0.439. The van der Waals surface area contributed by atoms with E-state index in [4.69, 9.17) is 11.6 Å². The molecule has 3 rings (SSSR count). The zero-order chi connectivity index (χ0) is 19.9. The first-order chi connectivity index (χ1) is 13.5. The summed E-state index contributed by atoms with van der Waals surface area (Å²) in [5.41, 5.74) is 5.31. The van der Waals surface area contributed by atoms with Crippen molar-refractivity contribution in [2.45, 2.75) is 6.92 Å². The Bertz CT molecular complexity index is 1050. The van der Waals surface area contributed by atoms with E-state index >= 15 is 0 Å². The highest BCUT2D eigenvalue weighted by Crippen LogP contribution is 2.24. The minimum Gasteiger partial charge on any atom is -0.507 e. The van der Waals surface area contributed by atoms with Gasteiger partial charge in [-0.3, -0.25) is 4.79 Å². The molecule has 140 valence electrons. The largest absolute Gasteiger partial charge is 0.507 e. The summed E-state index contributed by atoms with van der Waals surface area (Å²) in [6.45, 7) is 1.89. The highest BCUT2D eigenvalue weighted by atomic mass is 35.5. The summed E-state index contributed by atoms with van der Waals surface area (Å²) >= 11 is 6.08. The molecule has 0 fully saturated rings. The Labute approximate surface area is 167 Å². The molecule has 3 aromatic carbocycles. The fourth-order valence-corrected chi connectivity index (χ4v) is 2.66. The molecule has 0 unspecified atom stereocenters. The zero-order valence-electron chi connectivity index (χ0n) is 15.0. The van der Waals surface area contributed by atoms with E-state index in [2.05, 4.69) is 20.8 Å². The molecule has 0 spiro atoms. The maximum atomic E-state index is 12.2. The van der Waals surface area contributed by atoms with Gasteiger partial charge in [0.05, 0.1) is 28.2 Å². The highest BCUT2D eigenvalue weighted by Gasteiger charge is 2.09. The van der Waals surface area contributed by atoms with Crippen molar-refractivity contribution in [2.75, 3.05) is 0 Å². The van der Waals surface area contributed by atoms with Gasteiger partial charge in [0, 0.05) is 5.56 Å². The molecule has 1 amide bonds. The molecule has 0 aliphatic carbocycles. The molecule has 0 saturated carbocycles. The number of carbonyl (C=O) groups excluding carboxylic acids is 1. The molecule has 0 saturated heterocycles. The van der Waals surface area contributed by atoms with Crippen LogP contribution in [-0.4, -0.2) is 17.2 Å². The summed E-state index contributed by atoms with van der Waals surface area (Å²) in [5, 5.41) is 22.5. The standard InChI is InChI=1S/C21H17ClN4O2/c1-14-7-9-18(19(22)11-14)21(28)26-23-13-15-12-17(8-10-20(15)27)25-24-16-5-3-2-4-6-16/h2-13,27H,1H3,(H,26,28)/b23-13+,25-24?. The normalized spacial score (nSPS) is 11.2. The molecule has 0 heterocycles. The second kappa shape index (κ2) is 8.92. The Hall–Kier alpha value is -3.51. The maximum absolute atomic E-state index is 12.2. The van der Waals surface area contributed by atoms with Crippen LogP contribution >= 0.6 is 11.6 Å². The average molecular weight is 393 g/mol. The third-order valence-electron chi connectivity index (χ3n) is 3.79. The molecule has 7 heteroatoms. The van der Waals surface area contributed by atoms with Crippen LogP contribution in [0.15, 0.2) is 82.1 Å². The van der Waals surface area contributed by atoms with Crippen molar-refractivity contribution >= 4 is 35.1 Å². The summed E-state index contributed by atoms with van der Waals surface area (Å²) in [6, 6.07) is 19.1. The lowest BCUT2D eigenvalue weighted by Crippen LogP contribution is -2.18. The number of hydrogen-bond acceptors (Lipinski definition) is 5. The van der Waals surface area contributed by atoms with Crippen LogP contribution in [0, 0.1) is 6.92 Å². The Balaban J connectivity index is 1.71. The van der Waals surface area contributed by atoms with Gasteiger partial charge < -0.3 is 5.11 Å². The number of azo groups is 1. The van der Waals surface area contributed by atoms with E-state index < -0.39 is 5.91 Å². The minimum atomic E-state index is -0.444.